The van der Waals surface area contributed by atoms with Crippen LogP contribution in [0.5, 0.6) is 0 Å². The molecule has 0 spiro atoms. The van der Waals surface area contributed by atoms with Crippen LogP contribution in [0.25, 0.3) is 0 Å². The molecule has 3 nitrogen and oxygen atoms in total. The molecule has 1 fully saturated rings. The Morgan fingerprint density at radius 3 is 3.11 bits per heavy atom. The number of aryl methyl sites for hydroxylation is 1. The highest BCUT2D eigenvalue weighted by Crippen LogP contribution is 2.18. The first-order chi connectivity index (χ1) is 8.79. The summed E-state index contributed by atoms with van der Waals surface area (Å²) in [7, 11) is 0. The molecule has 2 N–H and O–H groups in total. The molecular weight excluding hydrogens is 222 g/mol. The lowest BCUT2D eigenvalue weighted by Crippen LogP contribution is -2.30. The van der Waals surface area contributed by atoms with Crippen molar-refractivity contribution in [3.05, 3.63) is 29.3 Å². The number of hydrogen-bond acceptors (Lipinski definition) is 3. The van der Waals surface area contributed by atoms with Gasteiger partial charge >= 0.3 is 0 Å². The molecule has 1 aromatic carbocycles. The van der Waals surface area contributed by atoms with Gasteiger partial charge in [-0.25, -0.2) is 0 Å². The third-order valence-corrected chi connectivity index (χ3v) is 3.56. The first kappa shape index (κ1) is 12.9. The van der Waals surface area contributed by atoms with Gasteiger partial charge in [-0.15, -0.1) is 0 Å². The van der Waals surface area contributed by atoms with Crippen molar-refractivity contribution in [2.24, 2.45) is 5.92 Å². The zero-order chi connectivity index (χ0) is 12.8. The van der Waals surface area contributed by atoms with Crippen molar-refractivity contribution < 1.29 is 0 Å². The molecule has 0 aromatic heterocycles. The molecule has 0 saturated carbocycles. The number of benzene rings is 1. The molecule has 2 rings (SSSR count). The summed E-state index contributed by atoms with van der Waals surface area (Å²) in [6.07, 6.45) is 3.79. The minimum Gasteiger partial charge on any atom is -0.384 e. The fraction of sp³-hybridized carbons (Fsp3) is 0.533. The van der Waals surface area contributed by atoms with Crippen molar-refractivity contribution in [1.29, 1.82) is 5.26 Å². The summed E-state index contributed by atoms with van der Waals surface area (Å²) >= 11 is 0. The average Bonchev–Trinajstić information content (AvgIpc) is 2.41. The van der Waals surface area contributed by atoms with Crippen LogP contribution in [0.1, 0.15) is 30.4 Å². The van der Waals surface area contributed by atoms with E-state index in [4.69, 9.17) is 5.26 Å². The highest BCUT2D eigenvalue weighted by atomic mass is 14.9. The lowest BCUT2D eigenvalue weighted by molar-refractivity contribution is 0.364. The highest BCUT2D eigenvalue weighted by Gasteiger charge is 2.12. The number of nitrogens with one attached hydrogen (secondary N) is 2. The van der Waals surface area contributed by atoms with Gasteiger partial charge in [0.1, 0.15) is 6.07 Å². The molecule has 18 heavy (non-hydrogen) atoms. The molecule has 0 bridgehead atoms. The van der Waals surface area contributed by atoms with Crippen molar-refractivity contribution in [3.63, 3.8) is 0 Å². The Morgan fingerprint density at radius 1 is 1.50 bits per heavy atom. The Labute approximate surface area is 109 Å². The third kappa shape index (κ3) is 3.48. The maximum absolute atomic E-state index is 9.09. The van der Waals surface area contributed by atoms with Crippen LogP contribution in [0.2, 0.25) is 0 Å². The lowest BCUT2D eigenvalue weighted by Gasteiger charge is -2.23. The number of nitriles is 1. The normalized spacial score (nSPS) is 19.2. The SMILES string of the molecule is Cc1ccc(NCCC2CCCNC2)c(C#N)c1. The van der Waals surface area contributed by atoms with Gasteiger partial charge in [0.15, 0.2) is 0 Å². The molecule has 1 aliphatic heterocycles. The molecule has 1 aliphatic rings. The van der Waals surface area contributed by atoms with Gasteiger partial charge in [-0.05, 0) is 62.9 Å². The first-order valence-corrected chi connectivity index (χ1v) is 6.75. The molecule has 3 heteroatoms. The summed E-state index contributed by atoms with van der Waals surface area (Å²) in [5.74, 6) is 0.780. The number of nitrogens with zero attached hydrogens (tertiary/aromatic N) is 1. The average molecular weight is 243 g/mol. The predicted octanol–water partition coefficient (Wildman–Crippen LogP) is 2.67. The Hall–Kier alpha value is -1.53. The van der Waals surface area contributed by atoms with E-state index in [1.54, 1.807) is 0 Å². The Bertz CT molecular complexity index is 428. The molecule has 1 unspecified atom stereocenters. The van der Waals surface area contributed by atoms with Gasteiger partial charge in [-0.3, -0.25) is 0 Å². The summed E-state index contributed by atoms with van der Waals surface area (Å²) in [5, 5.41) is 15.9. The quantitative estimate of drug-likeness (QED) is 0.854. The van der Waals surface area contributed by atoms with E-state index in [0.29, 0.717) is 0 Å². The van der Waals surface area contributed by atoms with Gasteiger partial charge < -0.3 is 10.6 Å². The molecule has 1 saturated heterocycles. The summed E-state index contributed by atoms with van der Waals surface area (Å²) in [4.78, 5) is 0. The number of hydrogen-bond donors (Lipinski definition) is 2. The summed E-state index contributed by atoms with van der Waals surface area (Å²) in [6, 6.07) is 8.24. The van der Waals surface area contributed by atoms with Gasteiger partial charge in [0.05, 0.1) is 11.3 Å². The molecule has 0 radical (unpaired) electrons. The second kappa shape index (κ2) is 6.42. The monoisotopic (exact) mass is 243 g/mol. The molecule has 96 valence electrons. The zero-order valence-corrected chi connectivity index (χ0v) is 11.0. The standard InChI is InChI=1S/C15H21N3/c1-12-4-5-15(14(9-12)10-16)18-8-6-13-3-2-7-17-11-13/h4-5,9,13,17-18H,2-3,6-8,11H2,1H3. The van der Waals surface area contributed by atoms with Crippen LogP contribution in [0.15, 0.2) is 18.2 Å². The van der Waals surface area contributed by atoms with Crippen molar-refractivity contribution in [1.82, 2.24) is 5.32 Å². The van der Waals surface area contributed by atoms with Gasteiger partial charge in [-0.1, -0.05) is 6.07 Å². The Morgan fingerprint density at radius 2 is 2.39 bits per heavy atom. The first-order valence-electron chi connectivity index (χ1n) is 6.75. The number of piperidine rings is 1. The van der Waals surface area contributed by atoms with E-state index in [0.717, 1.165) is 35.8 Å². The molecular formula is C15H21N3. The molecule has 1 atom stereocenters. The summed E-state index contributed by atoms with van der Waals surface area (Å²) in [5.41, 5.74) is 2.84. The molecule has 0 amide bonds. The van der Waals surface area contributed by atoms with Gasteiger partial charge in [0.2, 0.25) is 0 Å². The van der Waals surface area contributed by atoms with Crippen LogP contribution in [-0.2, 0) is 0 Å². The minimum atomic E-state index is 0.747. The van der Waals surface area contributed by atoms with E-state index < -0.39 is 0 Å². The summed E-state index contributed by atoms with van der Waals surface area (Å²) < 4.78 is 0. The zero-order valence-electron chi connectivity index (χ0n) is 11.0. The van der Waals surface area contributed by atoms with E-state index in [2.05, 4.69) is 16.7 Å². The van der Waals surface area contributed by atoms with Gasteiger partial charge in [0, 0.05) is 6.54 Å². The number of anilines is 1. The van der Waals surface area contributed by atoms with Crippen LogP contribution in [0.3, 0.4) is 0 Å². The van der Waals surface area contributed by atoms with E-state index in [9.17, 15) is 0 Å². The van der Waals surface area contributed by atoms with Crippen molar-refractivity contribution in [2.75, 3.05) is 25.0 Å². The fourth-order valence-corrected chi connectivity index (χ4v) is 2.49. The van der Waals surface area contributed by atoms with Crippen LogP contribution >= 0.6 is 0 Å². The third-order valence-electron chi connectivity index (χ3n) is 3.56. The smallest absolute Gasteiger partial charge is 0.101 e. The van der Waals surface area contributed by atoms with Crippen molar-refractivity contribution >= 4 is 5.69 Å². The van der Waals surface area contributed by atoms with E-state index in [1.807, 2.05) is 25.1 Å². The van der Waals surface area contributed by atoms with Crippen LogP contribution in [-0.4, -0.2) is 19.6 Å². The number of rotatable bonds is 4. The minimum absolute atomic E-state index is 0.747. The largest absolute Gasteiger partial charge is 0.384 e. The maximum Gasteiger partial charge on any atom is 0.101 e. The predicted molar refractivity (Wildman–Crippen MR) is 74.6 cm³/mol. The summed E-state index contributed by atoms with van der Waals surface area (Å²) in [6.45, 7) is 5.27. The maximum atomic E-state index is 9.09. The Balaban J connectivity index is 1.84. The second-order valence-corrected chi connectivity index (χ2v) is 5.09. The van der Waals surface area contributed by atoms with Crippen LogP contribution < -0.4 is 10.6 Å². The van der Waals surface area contributed by atoms with Gasteiger partial charge in [-0.2, -0.15) is 5.26 Å². The van der Waals surface area contributed by atoms with E-state index in [-0.39, 0.29) is 0 Å². The van der Waals surface area contributed by atoms with Crippen molar-refractivity contribution in [3.8, 4) is 6.07 Å². The molecule has 1 heterocycles. The molecule has 0 aliphatic carbocycles. The molecule has 1 aromatic rings. The Kier molecular flexibility index (Phi) is 4.60. The fourth-order valence-electron chi connectivity index (χ4n) is 2.49. The topological polar surface area (TPSA) is 47.8 Å². The van der Waals surface area contributed by atoms with Crippen LogP contribution in [0.4, 0.5) is 5.69 Å². The van der Waals surface area contributed by atoms with E-state index >= 15 is 0 Å². The van der Waals surface area contributed by atoms with Crippen molar-refractivity contribution in [2.45, 2.75) is 26.2 Å². The second-order valence-electron chi connectivity index (χ2n) is 5.09. The highest BCUT2D eigenvalue weighted by molar-refractivity contribution is 5.58. The lowest BCUT2D eigenvalue weighted by atomic mass is 9.96. The van der Waals surface area contributed by atoms with Gasteiger partial charge in [0.25, 0.3) is 0 Å². The van der Waals surface area contributed by atoms with Crippen LogP contribution in [0, 0.1) is 24.2 Å². The van der Waals surface area contributed by atoms with E-state index in [1.165, 1.54) is 25.8 Å².